The summed E-state index contributed by atoms with van der Waals surface area (Å²) in [6.07, 6.45) is 15.0. The van der Waals surface area contributed by atoms with Gasteiger partial charge in [0.1, 0.15) is 0 Å². The lowest BCUT2D eigenvalue weighted by atomic mass is 10.0. The normalized spacial score (nSPS) is 20.5. The van der Waals surface area contributed by atoms with E-state index in [1.54, 1.807) is 0 Å². The van der Waals surface area contributed by atoms with Crippen LogP contribution in [0.2, 0.25) is 0 Å². The van der Waals surface area contributed by atoms with Gasteiger partial charge in [0.15, 0.2) is 0 Å². The fourth-order valence-corrected chi connectivity index (χ4v) is 2.72. The maximum Gasteiger partial charge on any atom is 0.305 e. The average Bonchev–Trinajstić information content (AvgIpc) is 3.23. The van der Waals surface area contributed by atoms with Crippen LogP contribution in [0.25, 0.3) is 0 Å². The predicted molar refractivity (Wildman–Crippen MR) is 86.4 cm³/mol. The van der Waals surface area contributed by atoms with Crippen molar-refractivity contribution in [2.24, 2.45) is 0 Å². The summed E-state index contributed by atoms with van der Waals surface area (Å²) in [6.45, 7) is 4.83. The van der Waals surface area contributed by atoms with Crippen LogP contribution in [-0.2, 0) is 14.3 Å². The average molecular weight is 298 g/mol. The van der Waals surface area contributed by atoms with Crippen LogP contribution in [0.1, 0.15) is 90.9 Å². The molecule has 3 heteroatoms. The van der Waals surface area contributed by atoms with E-state index in [9.17, 15) is 4.79 Å². The summed E-state index contributed by atoms with van der Waals surface area (Å²) in [5, 5.41) is 0. The number of esters is 1. The molecule has 2 unspecified atom stereocenters. The molecule has 1 saturated heterocycles. The fraction of sp³-hybridized carbons (Fsp3) is 0.944. The monoisotopic (exact) mass is 298 g/mol. The number of hydrogen-bond acceptors (Lipinski definition) is 3. The van der Waals surface area contributed by atoms with Gasteiger partial charge in [0.2, 0.25) is 0 Å². The van der Waals surface area contributed by atoms with Gasteiger partial charge >= 0.3 is 5.97 Å². The summed E-state index contributed by atoms with van der Waals surface area (Å²) in [5.41, 5.74) is 0. The van der Waals surface area contributed by atoms with E-state index in [4.69, 9.17) is 9.47 Å². The van der Waals surface area contributed by atoms with E-state index in [-0.39, 0.29) is 5.97 Å². The van der Waals surface area contributed by atoms with Crippen molar-refractivity contribution in [3.05, 3.63) is 0 Å². The molecule has 1 rings (SSSR count). The van der Waals surface area contributed by atoms with Crippen LogP contribution >= 0.6 is 0 Å². The smallest absolute Gasteiger partial charge is 0.305 e. The van der Waals surface area contributed by atoms with Crippen molar-refractivity contribution in [3.8, 4) is 0 Å². The molecule has 0 aromatic rings. The predicted octanol–water partition coefficient (Wildman–Crippen LogP) is 5.02. The fourth-order valence-electron chi connectivity index (χ4n) is 2.72. The van der Waals surface area contributed by atoms with Crippen molar-refractivity contribution < 1.29 is 14.3 Å². The molecule has 0 N–H and O–H groups in total. The highest BCUT2D eigenvalue weighted by Gasteiger charge is 2.36. The molecule has 0 spiro atoms. The molecular weight excluding hydrogens is 264 g/mol. The first-order chi connectivity index (χ1) is 10.3. The van der Waals surface area contributed by atoms with Crippen LogP contribution in [0, 0.1) is 0 Å². The Kier molecular flexibility index (Phi) is 10.6. The highest BCUT2D eigenvalue weighted by molar-refractivity contribution is 5.69. The van der Waals surface area contributed by atoms with Crippen molar-refractivity contribution in [3.63, 3.8) is 0 Å². The Morgan fingerprint density at radius 3 is 2.10 bits per heavy atom. The molecule has 3 nitrogen and oxygen atoms in total. The van der Waals surface area contributed by atoms with Gasteiger partial charge in [0.05, 0.1) is 18.8 Å². The van der Waals surface area contributed by atoms with Crippen LogP contribution in [0.5, 0.6) is 0 Å². The molecule has 0 aromatic heterocycles. The number of hydrogen-bond donors (Lipinski definition) is 0. The van der Waals surface area contributed by atoms with E-state index in [1.165, 1.54) is 51.4 Å². The first-order valence-corrected chi connectivity index (χ1v) is 9.09. The first kappa shape index (κ1) is 18.5. The Balaban J connectivity index is 1.82. The second-order valence-corrected chi connectivity index (χ2v) is 6.24. The van der Waals surface area contributed by atoms with E-state index in [2.05, 4.69) is 6.92 Å². The second-order valence-electron chi connectivity index (χ2n) is 6.24. The Morgan fingerprint density at radius 1 is 0.857 bits per heavy atom. The third kappa shape index (κ3) is 9.89. The summed E-state index contributed by atoms with van der Waals surface area (Å²) in [4.78, 5) is 11.3. The maximum absolute atomic E-state index is 11.3. The number of ether oxygens (including phenoxy) is 2. The molecule has 1 aliphatic rings. The zero-order valence-electron chi connectivity index (χ0n) is 14.1. The lowest BCUT2D eigenvalue weighted by molar-refractivity contribution is -0.143. The minimum atomic E-state index is -0.0375. The summed E-state index contributed by atoms with van der Waals surface area (Å²) in [7, 11) is 0. The molecule has 0 amide bonds. The minimum absolute atomic E-state index is 0.0375. The largest absolute Gasteiger partial charge is 0.466 e. The molecule has 21 heavy (non-hydrogen) atoms. The minimum Gasteiger partial charge on any atom is -0.466 e. The number of carbonyl (C=O) groups excluding carboxylic acids is 1. The highest BCUT2D eigenvalue weighted by atomic mass is 16.6. The Hall–Kier alpha value is -0.570. The number of rotatable bonds is 14. The maximum atomic E-state index is 11.3. The zero-order valence-corrected chi connectivity index (χ0v) is 14.1. The molecule has 0 radical (unpaired) electrons. The molecule has 0 saturated carbocycles. The van der Waals surface area contributed by atoms with E-state index in [1.807, 2.05) is 6.92 Å². The van der Waals surface area contributed by atoms with Crippen molar-refractivity contribution in [2.45, 2.75) is 103 Å². The third-order valence-electron chi connectivity index (χ3n) is 4.12. The van der Waals surface area contributed by atoms with Gasteiger partial charge in [0.25, 0.3) is 0 Å². The summed E-state index contributed by atoms with van der Waals surface area (Å²) < 4.78 is 10.8. The highest BCUT2D eigenvalue weighted by Crippen LogP contribution is 2.31. The summed E-state index contributed by atoms with van der Waals surface area (Å²) >= 11 is 0. The first-order valence-electron chi connectivity index (χ1n) is 9.09. The zero-order chi connectivity index (χ0) is 15.3. The van der Waals surface area contributed by atoms with Gasteiger partial charge in [0, 0.05) is 6.42 Å². The van der Waals surface area contributed by atoms with Crippen molar-refractivity contribution in [1.29, 1.82) is 0 Å². The van der Waals surface area contributed by atoms with Crippen LogP contribution in [-0.4, -0.2) is 24.8 Å². The second kappa shape index (κ2) is 12.0. The topological polar surface area (TPSA) is 38.8 Å². The SMILES string of the molecule is CCCCCCCC1OC1CCCCCC(=O)OCCC. The van der Waals surface area contributed by atoms with Gasteiger partial charge in [-0.05, 0) is 25.7 Å². The van der Waals surface area contributed by atoms with Gasteiger partial charge < -0.3 is 9.47 Å². The van der Waals surface area contributed by atoms with E-state index >= 15 is 0 Å². The lowest BCUT2D eigenvalue weighted by Gasteiger charge is -2.02. The van der Waals surface area contributed by atoms with Crippen LogP contribution < -0.4 is 0 Å². The molecular formula is C18H34O3. The van der Waals surface area contributed by atoms with Gasteiger partial charge in [-0.3, -0.25) is 4.79 Å². The number of carbonyl (C=O) groups is 1. The molecule has 0 aliphatic carbocycles. The third-order valence-corrected chi connectivity index (χ3v) is 4.12. The van der Waals surface area contributed by atoms with Gasteiger partial charge in [-0.2, -0.15) is 0 Å². The standard InChI is InChI=1S/C18H34O3/c1-3-5-6-7-9-12-16-17(21-16)13-10-8-11-14-18(19)20-15-4-2/h16-17H,3-15H2,1-2H3. The molecule has 124 valence electrons. The van der Waals surface area contributed by atoms with Crippen LogP contribution in [0.3, 0.4) is 0 Å². The molecule has 0 aromatic carbocycles. The molecule has 1 fully saturated rings. The Morgan fingerprint density at radius 2 is 1.48 bits per heavy atom. The molecule has 1 heterocycles. The van der Waals surface area contributed by atoms with Crippen LogP contribution in [0.15, 0.2) is 0 Å². The van der Waals surface area contributed by atoms with E-state index < -0.39 is 0 Å². The van der Waals surface area contributed by atoms with Crippen molar-refractivity contribution >= 4 is 5.97 Å². The van der Waals surface area contributed by atoms with Gasteiger partial charge in [-0.1, -0.05) is 58.8 Å². The quantitative estimate of drug-likeness (QED) is 0.257. The number of epoxide rings is 1. The van der Waals surface area contributed by atoms with Gasteiger partial charge in [-0.15, -0.1) is 0 Å². The van der Waals surface area contributed by atoms with Gasteiger partial charge in [-0.25, -0.2) is 0 Å². The Bertz CT molecular complexity index is 265. The molecule has 1 aliphatic heterocycles. The summed E-state index contributed by atoms with van der Waals surface area (Å²) in [5.74, 6) is -0.0375. The van der Waals surface area contributed by atoms with Crippen molar-refractivity contribution in [2.75, 3.05) is 6.61 Å². The van der Waals surface area contributed by atoms with E-state index in [0.29, 0.717) is 25.2 Å². The Labute approximate surface area is 130 Å². The number of unbranched alkanes of at least 4 members (excludes halogenated alkanes) is 6. The summed E-state index contributed by atoms with van der Waals surface area (Å²) in [6, 6.07) is 0. The lowest BCUT2D eigenvalue weighted by Crippen LogP contribution is -2.04. The molecule has 0 bridgehead atoms. The molecule has 2 atom stereocenters. The van der Waals surface area contributed by atoms with Crippen LogP contribution in [0.4, 0.5) is 0 Å². The van der Waals surface area contributed by atoms with E-state index in [0.717, 1.165) is 19.3 Å². The van der Waals surface area contributed by atoms with Crippen molar-refractivity contribution in [1.82, 2.24) is 0 Å².